The maximum atomic E-state index is 13.5. The van der Waals surface area contributed by atoms with Crippen LogP contribution in [0.2, 0.25) is 0 Å². The molecule has 0 spiro atoms. The van der Waals surface area contributed by atoms with Crippen LogP contribution in [0.25, 0.3) is 0 Å². The molecule has 0 saturated carbocycles. The molecule has 0 bridgehead atoms. The number of sulfonamides is 1. The van der Waals surface area contributed by atoms with Gasteiger partial charge in [0.25, 0.3) is 5.91 Å². The summed E-state index contributed by atoms with van der Waals surface area (Å²) >= 11 is 0. The Morgan fingerprint density at radius 2 is 2.06 bits per heavy atom. The number of benzene rings is 1. The van der Waals surface area contributed by atoms with Gasteiger partial charge in [-0.15, -0.1) is 0 Å². The van der Waals surface area contributed by atoms with E-state index in [1.807, 2.05) is 0 Å². The lowest BCUT2D eigenvalue weighted by Crippen LogP contribution is -2.43. The van der Waals surface area contributed by atoms with Gasteiger partial charge in [0.2, 0.25) is 10.0 Å². The number of rotatable bonds is 4. The molecule has 6 nitrogen and oxygen atoms in total. The Balaban J connectivity index is 3.22. The van der Waals surface area contributed by atoms with Gasteiger partial charge in [0.05, 0.1) is 11.9 Å². The smallest absolute Gasteiger partial charge is 0.254 e. The van der Waals surface area contributed by atoms with Crippen molar-refractivity contribution in [3.8, 4) is 0 Å². The topological polar surface area (TPSA) is 92.5 Å². The first-order valence-corrected chi connectivity index (χ1v) is 6.52. The van der Waals surface area contributed by atoms with E-state index in [1.165, 1.54) is 0 Å². The van der Waals surface area contributed by atoms with Crippen molar-refractivity contribution in [1.82, 2.24) is 5.43 Å². The number of carbonyl (C=O) groups is 1. The molecule has 0 unspecified atom stereocenters. The predicted octanol–water partition coefficient (Wildman–Crippen LogP) is -0.279. The van der Waals surface area contributed by atoms with Crippen molar-refractivity contribution in [3.63, 3.8) is 0 Å². The van der Waals surface area contributed by atoms with Crippen LogP contribution in [0.3, 0.4) is 0 Å². The second-order valence-corrected chi connectivity index (χ2v) is 5.34. The van der Waals surface area contributed by atoms with Gasteiger partial charge in [0, 0.05) is 6.07 Å². The lowest BCUT2D eigenvalue weighted by Gasteiger charge is -2.21. The fourth-order valence-corrected chi connectivity index (χ4v) is 2.10. The minimum Gasteiger partial charge on any atom is -0.293 e. The van der Waals surface area contributed by atoms with Gasteiger partial charge in [-0.05, 0) is 12.1 Å². The molecule has 1 aromatic rings. The van der Waals surface area contributed by atoms with Crippen LogP contribution in [0.15, 0.2) is 18.2 Å². The number of nitrogens with zero attached hydrogens (tertiary/aromatic N) is 1. The van der Waals surface area contributed by atoms with E-state index in [1.54, 1.807) is 5.43 Å². The molecule has 0 aliphatic carbocycles. The van der Waals surface area contributed by atoms with Gasteiger partial charge in [-0.3, -0.25) is 14.5 Å². The van der Waals surface area contributed by atoms with Crippen LogP contribution in [0.5, 0.6) is 0 Å². The van der Waals surface area contributed by atoms with Crippen molar-refractivity contribution < 1.29 is 22.0 Å². The largest absolute Gasteiger partial charge is 0.293 e. The van der Waals surface area contributed by atoms with Crippen LogP contribution in [0.4, 0.5) is 14.5 Å². The van der Waals surface area contributed by atoms with E-state index in [9.17, 15) is 22.0 Å². The second-order valence-electron chi connectivity index (χ2n) is 3.43. The van der Waals surface area contributed by atoms with Gasteiger partial charge in [-0.25, -0.2) is 23.0 Å². The maximum absolute atomic E-state index is 13.5. The molecule has 1 amide bonds. The molecular formula is C9H11F2N3O3S. The number of anilines is 1. The Morgan fingerprint density at radius 1 is 1.44 bits per heavy atom. The molecule has 3 N–H and O–H groups in total. The Morgan fingerprint density at radius 3 is 2.50 bits per heavy atom. The van der Waals surface area contributed by atoms with Crippen LogP contribution in [-0.4, -0.2) is 27.1 Å². The zero-order chi connectivity index (χ0) is 13.9. The summed E-state index contributed by atoms with van der Waals surface area (Å²) in [6, 6.07) is 2.33. The fourth-order valence-electron chi connectivity index (χ4n) is 1.24. The first-order chi connectivity index (χ1) is 8.25. The number of nitrogens with two attached hydrogens (primary N) is 1. The quantitative estimate of drug-likeness (QED) is 0.450. The lowest BCUT2D eigenvalue weighted by molar-refractivity contribution is -0.119. The van der Waals surface area contributed by atoms with E-state index in [0.29, 0.717) is 10.4 Å². The summed E-state index contributed by atoms with van der Waals surface area (Å²) in [6.07, 6.45) is 0.791. The number of hydrazine groups is 1. The molecule has 9 heteroatoms. The summed E-state index contributed by atoms with van der Waals surface area (Å²) in [5.74, 6) is 2.05. The van der Waals surface area contributed by atoms with Crippen LogP contribution < -0.4 is 15.6 Å². The molecule has 0 aliphatic heterocycles. The normalized spacial score (nSPS) is 11.1. The molecule has 0 heterocycles. The number of amides is 1. The van der Waals surface area contributed by atoms with Crippen molar-refractivity contribution in [2.24, 2.45) is 5.84 Å². The molecule has 0 fully saturated rings. The number of halogens is 2. The number of nitrogens with one attached hydrogen (secondary N) is 1. The van der Waals surface area contributed by atoms with Crippen molar-refractivity contribution >= 4 is 21.6 Å². The first-order valence-electron chi connectivity index (χ1n) is 4.68. The number of hydrogen-bond donors (Lipinski definition) is 2. The van der Waals surface area contributed by atoms with Gasteiger partial charge >= 0.3 is 0 Å². The zero-order valence-corrected chi connectivity index (χ0v) is 10.2. The third kappa shape index (κ3) is 3.37. The summed E-state index contributed by atoms with van der Waals surface area (Å²) in [6.45, 7) is -0.697. The van der Waals surface area contributed by atoms with Crippen LogP contribution in [0.1, 0.15) is 0 Å². The molecule has 1 rings (SSSR count). The molecule has 0 aliphatic rings. The molecule has 0 radical (unpaired) electrons. The highest BCUT2D eigenvalue weighted by atomic mass is 32.2. The highest BCUT2D eigenvalue weighted by Crippen LogP contribution is 2.22. The van der Waals surface area contributed by atoms with E-state index in [2.05, 4.69) is 0 Å². The van der Waals surface area contributed by atoms with Crippen LogP contribution in [-0.2, 0) is 14.8 Å². The van der Waals surface area contributed by atoms with Gasteiger partial charge in [0.1, 0.15) is 18.2 Å². The monoisotopic (exact) mass is 279 g/mol. The van der Waals surface area contributed by atoms with Gasteiger partial charge in [-0.1, -0.05) is 0 Å². The summed E-state index contributed by atoms with van der Waals surface area (Å²) in [7, 11) is -3.90. The molecule has 0 atom stereocenters. The van der Waals surface area contributed by atoms with Crippen molar-refractivity contribution in [2.75, 3.05) is 17.1 Å². The predicted molar refractivity (Wildman–Crippen MR) is 60.9 cm³/mol. The van der Waals surface area contributed by atoms with Crippen LogP contribution >= 0.6 is 0 Å². The average molecular weight is 279 g/mol. The minimum atomic E-state index is -3.90. The number of hydrogen-bond acceptors (Lipinski definition) is 4. The minimum absolute atomic E-state index is 0.428. The van der Waals surface area contributed by atoms with Gasteiger partial charge in [-0.2, -0.15) is 0 Å². The third-order valence-corrected chi connectivity index (χ3v) is 3.15. The van der Waals surface area contributed by atoms with E-state index in [4.69, 9.17) is 5.84 Å². The Kier molecular flexibility index (Phi) is 4.19. The second kappa shape index (κ2) is 5.27. The summed E-state index contributed by atoms with van der Waals surface area (Å²) in [5, 5.41) is 0. The van der Waals surface area contributed by atoms with Gasteiger partial charge < -0.3 is 0 Å². The molecular weight excluding hydrogens is 268 g/mol. The summed E-state index contributed by atoms with van der Waals surface area (Å²) in [5.41, 5.74) is 1.30. The van der Waals surface area contributed by atoms with E-state index in [0.717, 1.165) is 18.4 Å². The molecule has 0 aromatic heterocycles. The molecule has 1 aromatic carbocycles. The van der Waals surface area contributed by atoms with Crippen molar-refractivity contribution in [1.29, 1.82) is 0 Å². The SMILES string of the molecule is CS(=O)(=O)N(CC(=O)NN)c1ccc(F)cc1F. The summed E-state index contributed by atoms with van der Waals surface area (Å²) < 4.78 is 49.6. The Labute approximate surface area is 102 Å². The lowest BCUT2D eigenvalue weighted by atomic mass is 10.3. The fraction of sp³-hybridized carbons (Fsp3) is 0.222. The highest BCUT2D eigenvalue weighted by Gasteiger charge is 2.23. The first kappa shape index (κ1) is 14.3. The van der Waals surface area contributed by atoms with E-state index < -0.39 is 39.8 Å². The van der Waals surface area contributed by atoms with Crippen molar-refractivity contribution in [2.45, 2.75) is 0 Å². The third-order valence-electron chi connectivity index (χ3n) is 2.03. The molecule has 100 valence electrons. The Bertz CT molecular complexity index is 562. The standard InChI is InChI=1S/C9H11F2N3O3S/c1-18(16,17)14(5-9(15)13-12)8-3-2-6(10)4-7(8)11/h2-4H,5,12H2,1H3,(H,13,15). The molecule has 18 heavy (non-hydrogen) atoms. The van der Waals surface area contributed by atoms with Crippen LogP contribution in [0, 0.1) is 11.6 Å². The average Bonchev–Trinajstić information content (AvgIpc) is 2.25. The van der Waals surface area contributed by atoms with E-state index >= 15 is 0 Å². The maximum Gasteiger partial charge on any atom is 0.254 e. The van der Waals surface area contributed by atoms with E-state index in [-0.39, 0.29) is 0 Å². The molecule has 0 saturated heterocycles. The van der Waals surface area contributed by atoms with Gasteiger partial charge in [0.15, 0.2) is 0 Å². The zero-order valence-electron chi connectivity index (χ0n) is 9.35. The summed E-state index contributed by atoms with van der Waals surface area (Å²) in [4.78, 5) is 11.1. The van der Waals surface area contributed by atoms with Crippen molar-refractivity contribution in [3.05, 3.63) is 29.8 Å². The Hall–Kier alpha value is -1.74. The number of carbonyl (C=O) groups excluding carboxylic acids is 1. The highest BCUT2D eigenvalue weighted by molar-refractivity contribution is 7.92.